The highest BCUT2D eigenvalue weighted by atomic mass is 16.5. The Hall–Kier alpha value is -1.05. The van der Waals surface area contributed by atoms with Crippen molar-refractivity contribution in [1.82, 2.24) is 5.16 Å². The minimum Gasteiger partial charge on any atom is -0.357 e. The normalized spacial score (nSPS) is 10.9. The second-order valence-electron chi connectivity index (χ2n) is 1.87. The third-order valence-corrected chi connectivity index (χ3v) is 0.977. The number of rotatable bonds is 1. The Morgan fingerprint density at radius 3 is 2.89 bits per heavy atom. The van der Waals surface area contributed by atoms with Gasteiger partial charge < -0.3 is 4.52 Å². The molecule has 0 bridgehead atoms. The predicted octanol–water partition coefficient (Wildman–Crippen LogP) is 2.02. The van der Waals surface area contributed by atoms with Crippen LogP contribution in [0.15, 0.2) is 16.7 Å². The fourth-order valence-electron chi connectivity index (χ4n) is 0.626. The summed E-state index contributed by atoms with van der Waals surface area (Å²) in [7, 11) is 0. The van der Waals surface area contributed by atoms with Gasteiger partial charge in [-0.15, -0.1) is 0 Å². The molecule has 1 heterocycles. The molecule has 0 fully saturated rings. The standard InChI is InChI=1S/C7H9NO/c1-3-4-7-5-6(2)8-9-7/h3-5H,1-2H3/b4-3+. The predicted molar refractivity (Wildman–Crippen MR) is 35.9 cm³/mol. The smallest absolute Gasteiger partial charge is 0.159 e. The Bertz CT molecular complexity index is 212. The van der Waals surface area contributed by atoms with Crippen molar-refractivity contribution in [3.63, 3.8) is 0 Å². The molecule has 0 saturated carbocycles. The first-order valence-electron chi connectivity index (χ1n) is 2.89. The lowest BCUT2D eigenvalue weighted by Crippen LogP contribution is -1.59. The lowest BCUT2D eigenvalue weighted by Gasteiger charge is -1.73. The van der Waals surface area contributed by atoms with Gasteiger partial charge in [-0.2, -0.15) is 0 Å². The highest BCUT2D eigenvalue weighted by molar-refractivity contribution is 5.41. The molecule has 1 aromatic heterocycles. The summed E-state index contributed by atoms with van der Waals surface area (Å²) in [5.41, 5.74) is 0.920. The third-order valence-electron chi connectivity index (χ3n) is 0.977. The molecule has 0 N–H and O–H groups in total. The Morgan fingerprint density at radius 1 is 1.67 bits per heavy atom. The molecule has 2 nitrogen and oxygen atoms in total. The summed E-state index contributed by atoms with van der Waals surface area (Å²) in [6, 6.07) is 1.89. The third kappa shape index (κ3) is 1.42. The van der Waals surface area contributed by atoms with Gasteiger partial charge in [0.2, 0.25) is 0 Å². The van der Waals surface area contributed by atoms with Gasteiger partial charge in [-0.05, 0) is 19.9 Å². The zero-order valence-corrected chi connectivity index (χ0v) is 5.59. The molecule has 2 heteroatoms. The Balaban J connectivity index is 2.85. The lowest BCUT2D eigenvalue weighted by molar-refractivity contribution is 0.408. The number of aryl methyl sites for hydroxylation is 1. The Morgan fingerprint density at radius 2 is 2.44 bits per heavy atom. The summed E-state index contributed by atoms with van der Waals surface area (Å²) in [4.78, 5) is 0. The van der Waals surface area contributed by atoms with Crippen molar-refractivity contribution in [2.45, 2.75) is 13.8 Å². The molecule has 48 valence electrons. The molecule has 0 radical (unpaired) electrons. The van der Waals surface area contributed by atoms with E-state index in [2.05, 4.69) is 5.16 Å². The molecule has 0 saturated heterocycles. The number of hydrogen-bond acceptors (Lipinski definition) is 2. The molecule has 0 atom stereocenters. The topological polar surface area (TPSA) is 26.0 Å². The fraction of sp³-hybridized carbons (Fsp3) is 0.286. The van der Waals surface area contributed by atoms with E-state index in [0.717, 1.165) is 11.5 Å². The second-order valence-corrected chi connectivity index (χ2v) is 1.87. The van der Waals surface area contributed by atoms with E-state index in [-0.39, 0.29) is 0 Å². The van der Waals surface area contributed by atoms with Gasteiger partial charge in [-0.3, -0.25) is 0 Å². The number of nitrogens with zero attached hydrogens (tertiary/aromatic N) is 1. The van der Waals surface area contributed by atoms with Crippen LogP contribution in [0.4, 0.5) is 0 Å². The molecule has 0 amide bonds. The molecular weight excluding hydrogens is 114 g/mol. The largest absolute Gasteiger partial charge is 0.357 e. The van der Waals surface area contributed by atoms with Crippen molar-refractivity contribution in [2.75, 3.05) is 0 Å². The van der Waals surface area contributed by atoms with Gasteiger partial charge in [0.15, 0.2) is 5.76 Å². The van der Waals surface area contributed by atoms with E-state index in [1.807, 2.05) is 32.1 Å². The van der Waals surface area contributed by atoms with Gasteiger partial charge in [-0.25, -0.2) is 0 Å². The second kappa shape index (κ2) is 2.49. The quantitative estimate of drug-likeness (QED) is 0.571. The van der Waals surface area contributed by atoms with Gasteiger partial charge in [0.1, 0.15) is 0 Å². The van der Waals surface area contributed by atoms with Crippen molar-refractivity contribution in [3.05, 3.63) is 23.6 Å². The summed E-state index contributed by atoms with van der Waals surface area (Å²) in [5, 5.41) is 3.71. The molecule has 0 unspecified atom stereocenters. The van der Waals surface area contributed by atoms with Crippen molar-refractivity contribution in [2.24, 2.45) is 0 Å². The first kappa shape index (κ1) is 6.08. The summed E-state index contributed by atoms with van der Waals surface area (Å²) in [6.45, 7) is 3.84. The molecular formula is C7H9NO. The molecule has 0 spiro atoms. The highest BCUT2D eigenvalue weighted by Crippen LogP contribution is 2.02. The van der Waals surface area contributed by atoms with Crippen LogP contribution in [0.5, 0.6) is 0 Å². The first-order valence-corrected chi connectivity index (χ1v) is 2.89. The van der Waals surface area contributed by atoms with Crippen LogP contribution in [-0.4, -0.2) is 5.16 Å². The van der Waals surface area contributed by atoms with E-state index in [0.29, 0.717) is 0 Å². The number of allylic oxidation sites excluding steroid dienone is 1. The van der Waals surface area contributed by atoms with Crippen molar-refractivity contribution >= 4 is 6.08 Å². The van der Waals surface area contributed by atoms with E-state index in [9.17, 15) is 0 Å². The number of hydrogen-bond donors (Lipinski definition) is 0. The van der Waals surface area contributed by atoms with Crippen LogP contribution in [0.3, 0.4) is 0 Å². The molecule has 0 aliphatic heterocycles. The van der Waals surface area contributed by atoms with Crippen molar-refractivity contribution in [3.8, 4) is 0 Å². The summed E-state index contributed by atoms with van der Waals surface area (Å²) in [5.74, 6) is 0.815. The molecule has 1 rings (SSSR count). The van der Waals surface area contributed by atoms with Crippen molar-refractivity contribution < 1.29 is 4.52 Å². The Labute approximate surface area is 54.2 Å². The van der Waals surface area contributed by atoms with E-state index < -0.39 is 0 Å². The van der Waals surface area contributed by atoms with Crippen LogP contribution < -0.4 is 0 Å². The maximum atomic E-state index is 4.87. The summed E-state index contributed by atoms with van der Waals surface area (Å²) in [6.07, 6.45) is 3.79. The number of aromatic nitrogens is 1. The van der Waals surface area contributed by atoms with Crippen LogP contribution in [0.1, 0.15) is 18.4 Å². The molecule has 0 aromatic carbocycles. The van der Waals surface area contributed by atoms with Crippen LogP contribution >= 0.6 is 0 Å². The van der Waals surface area contributed by atoms with Crippen molar-refractivity contribution in [1.29, 1.82) is 0 Å². The average Bonchev–Trinajstić information content (AvgIpc) is 2.17. The fourth-order valence-corrected chi connectivity index (χ4v) is 0.626. The van der Waals surface area contributed by atoms with Gasteiger partial charge in [0.25, 0.3) is 0 Å². The van der Waals surface area contributed by atoms with Gasteiger partial charge >= 0.3 is 0 Å². The SMILES string of the molecule is C/C=C/c1cc(C)no1. The van der Waals surface area contributed by atoms with Crippen LogP contribution in [0, 0.1) is 6.92 Å². The van der Waals surface area contributed by atoms with Gasteiger partial charge in [0, 0.05) is 6.07 Å². The van der Waals surface area contributed by atoms with E-state index >= 15 is 0 Å². The Kier molecular flexibility index (Phi) is 1.68. The van der Waals surface area contributed by atoms with E-state index in [4.69, 9.17) is 4.52 Å². The summed E-state index contributed by atoms with van der Waals surface area (Å²) < 4.78 is 4.87. The molecule has 9 heavy (non-hydrogen) atoms. The van der Waals surface area contributed by atoms with E-state index in [1.54, 1.807) is 0 Å². The zero-order chi connectivity index (χ0) is 6.69. The maximum Gasteiger partial charge on any atom is 0.159 e. The highest BCUT2D eigenvalue weighted by Gasteiger charge is 1.91. The zero-order valence-electron chi connectivity index (χ0n) is 5.59. The lowest BCUT2D eigenvalue weighted by atomic mass is 10.4. The van der Waals surface area contributed by atoms with Crippen LogP contribution in [0.2, 0.25) is 0 Å². The van der Waals surface area contributed by atoms with Gasteiger partial charge in [0.05, 0.1) is 5.69 Å². The molecule has 0 aliphatic carbocycles. The monoisotopic (exact) mass is 123 g/mol. The average molecular weight is 123 g/mol. The van der Waals surface area contributed by atoms with E-state index in [1.165, 1.54) is 0 Å². The maximum absolute atomic E-state index is 4.87. The van der Waals surface area contributed by atoms with Crippen LogP contribution in [0.25, 0.3) is 6.08 Å². The molecule has 1 aromatic rings. The summed E-state index contributed by atoms with van der Waals surface area (Å²) >= 11 is 0. The molecule has 0 aliphatic rings. The van der Waals surface area contributed by atoms with Gasteiger partial charge in [-0.1, -0.05) is 11.2 Å². The minimum absolute atomic E-state index is 0.815. The van der Waals surface area contributed by atoms with Crippen LogP contribution in [-0.2, 0) is 0 Å². The first-order chi connectivity index (χ1) is 4.33. The minimum atomic E-state index is 0.815.